The predicted octanol–water partition coefficient (Wildman–Crippen LogP) is 3.24. The van der Waals surface area contributed by atoms with Crippen molar-refractivity contribution < 1.29 is 9.59 Å². The topological polar surface area (TPSA) is 70.6 Å². The number of carbonyl (C=O) groups is 2. The third kappa shape index (κ3) is 3.90. The molecule has 25 heavy (non-hydrogen) atoms. The first-order valence-electron chi connectivity index (χ1n) is 7.83. The van der Waals surface area contributed by atoms with Crippen LogP contribution in [0.3, 0.4) is 0 Å². The summed E-state index contributed by atoms with van der Waals surface area (Å²) < 4.78 is 0. The van der Waals surface area contributed by atoms with Gasteiger partial charge < -0.3 is 5.32 Å². The number of benzene rings is 3. The van der Waals surface area contributed by atoms with E-state index in [9.17, 15) is 9.59 Å². The molecule has 0 radical (unpaired) electrons. The van der Waals surface area contributed by atoms with Crippen LogP contribution in [0.25, 0.3) is 10.8 Å². The number of hydrazone groups is 1. The van der Waals surface area contributed by atoms with E-state index < -0.39 is 11.8 Å². The van der Waals surface area contributed by atoms with E-state index in [1.54, 1.807) is 12.1 Å². The van der Waals surface area contributed by atoms with E-state index >= 15 is 0 Å². The van der Waals surface area contributed by atoms with Gasteiger partial charge in [0.25, 0.3) is 0 Å². The fraction of sp³-hybridized carbons (Fsp3) is 0.0500. The van der Waals surface area contributed by atoms with Crippen LogP contribution in [0.1, 0.15) is 11.1 Å². The molecular formula is C20H17N3O2. The first-order chi connectivity index (χ1) is 12.1. The van der Waals surface area contributed by atoms with Crippen molar-refractivity contribution in [2.45, 2.75) is 6.92 Å². The molecule has 0 heterocycles. The van der Waals surface area contributed by atoms with Crippen molar-refractivity contribution in [3.63, 3.8) is 0 Å². The van der Waals surface area contributed by atoms with Crippen LogP contribution in [0, 0.1) is 6.92 Å². The number of para-hydroxylation sites is 1. The van der Waals surface area contributed by atoms with Gasteiger partial charge in [-0.15, -0.1) is 0 Å². The summed E-state index contributed by atoms with van der Waals surface area (Å²) in [5.74, 6) is -1.58. The van der Waals surface area contributed by atoms with Gasteiger partial charge in [-0.25, -0.2) is 5.43 Å². The predicted molar refractivity (Wildman–Crippen MR) is 99.5 cm³/mol. The number of nitrogens with one attached hydrogen (secondary N) is 2. The second kappa shape index (κ2) is 7.40. The molecule has 0 aliphatic heterocycles. The maximum Gasteiger partial charge on any atom is 0.329 e. The number of carbonyl (C=O) groups excluding carboxylic acids is 2. The molecule has 0 unspecified atom stereocenters. The lowest BCUT2D eigenvalue weighted by atomic mass is 10.1. The minimum atomic E-state index is -0.820. The molecule has 0 spiro atoms. The molecule has 3 aromatic rings. The van der Waals surface area contributed by atoms with Gasteiger partial charge in [0.15, 0.2) is 0 Å². The number of aryl methyl sites for hydroxylation is 1. The van der Waals surface area contributed by atoms with Gasteiger partial charge in [-0.05, 0) is 29.3 Å². The molecule has 124 valence electrons. The van der Waals surface area contributed by atoms with Crippen molar-refractivity contribution in [2.75, 3.05) is 5.32 Å². The van der Waals surface area contributed by atoms with Gasteiger partial charge in [0.1, 0.15) is 0 Å². The quantitative estimate of drug-likeness (QED) is 0.439. The van der Waals surface area contributed by atoms with Gasteiger partial charge in [-0.1, -0.05) is 60.7 Å². The molecule has 2 N–H and O–H groups in total. The first-order valence-corrected chi connectivity index (χ1v) is 7.83. The summed E-state index contributed by atoms with van der Waals surface area (Å²) in [7, 11) is 0. The third-order valence-electron chi connectivity index (χ3n) is 3.79. The number of fused-ring (bicyclic) bond motifs is 1. The fourth-order valence-corrected chi connectivity index (χ4v) is 2.47. The minimum Gasteiger partial charge on any atom is -0.317 e. The van der Waals surface area contributed by atoms with E-state index in [1.165, 1.54) is 6.21 Å². The van der Waals surface area contributed by atoms with E-state index in [0.717, 1.165) is 21.9 Å². The van der Waals surface area contributed by atoms with Crippen molar-refractivity contribution in [1.82, 2.24) is 5.43 Å². The van der Waals surface area contributed by atoms with Crippen molar-refractivity contribution in [3.05, 3.63) is 77.9 Å². The van der Waals surface area contributed by atoms with Crippen molar-refractivity contribution in [3.8, 4) is 0 Å². The van der Waals surface area contributed by atoms with E-state index in [2.05, 4.69) is 15.8 Å². The Morgan fingerprint density at radius 1 is 0.880 bits per heavy atom. The number of nitrogens with zero attached hydrogens (tertiary/aromatic N) is 1. The van der Waals surface area contributed by atoms with Gasteiger partial charge in [-0.3, -0.25) is 9.59 Å². The Labute approximate surface area is 145 Å². The summed E-state index contributed by atoms with van der Waals surface area (Å²) in [4.78, 5) is 23.8. The van der Waals surface area contributed by atoms with Crippen LogP contribution in [-0.4, -0.2) is 18.0 Å². The van der Waals surface area contributed by atoms with Crippen molar-refractivity contribution in [2.24, 2.45) is 5.10 Å². The maximum absolute atomic E-state index is 11.9. The van der Waals surface area contributed by atoms with Crippen molar-refractivity contribution >= 4 is 34.5 Å². The Bertz CT molecular complexity index is 959. The van der Waals surface area contributed by atoms with Crippen LogP contribution in [-0.2, 0) is 9.59 Å². The van der Waals surface area contributed by atoms with Gasteiger partial charge in [-0.2, -0.15) is 5.10 Å². The summed E-state index contributed by atoms with van der Waals surface area (Å²) in [5.41, 5.74) is 4.59. The molecule has 5 nitrogen and oxygen atoms in total. The van der Waals surface area contributed by atoms with Gasteiger partial charge in [0.05, 0.1) is 6.21 Å². The third-order valence-corrected chi connectivity index (χ3v) is 3.79. The molecule has 0 atom stereocenters. The molecule has 3 rings (SSSR count). The summed E-state index contributed by atoms with van der Waals surface area (Å²) in [6.45, 7) is 1.85. The van der Waals surface area contributed by atoms with E-state index in [0.29, 0.717) is 5.69 Å². The second-order valence-electron chi connectivity index (χ2n) is 5.54. The smallest absolute Gasteiger partial charge is 0.317 e. The molecule has 0 aromatic heterocycles. The number of hydrogen-bond donors (Lipinski definition) is 2. The van der Waals surface area contributed by atoms with Crippen LogP contribution in [0.15, 0.2) is 71.8 Å². The number of hydrogen-bond acceptors (Lipinski definition) is 3. The lowest BCUT2D eigenvalue weighted by Crippen LogP contribution is -2.32. The Kier molecular flexibility index (Phi) is 4.85. The summed E-state index contributed by atoms with van der Waals surface area (Å²) in [5, 5.41) is 8.55. The average molecular weight is 331 g/mol. The summed E-state index contributed by atoms with van der Waals surface area (Å²) in [6, 6.07) is 20.9. The van der Waals surface area contributed by atoms with Gasteiger partial charge in [0, 0.05) is 11.3 Å². The highest BCUT2D eigenvalue weighted by atomic mass is 16.2. The SMILES string of the molecule is Cc1ccccc1NC(=O)C(=O)N/N=C/c1cccc2ccccc12. The second-order valence-corrected chi connectivity index (χ2v) is 5.54. The summed E-state index contributed by atoms with van der Waals surface area (Å²) >= 11 is 0. The lowest BCUT2D eigenvalue weighted by Gasteiger charge is -2.06. The highest BCUT2D eigenvalue weighted by Crippen LogP contribution is 2.16. The molecular weight excluding hydrogens is 314 g/mol. The minimum absolute atomic E-state index is 0.598. The van der Waals surface area contributed by atoms with E-state index in [1.807, 2.05) is 61.5 Å². The molecule has 2 amide bonds. The maximum atomic E-state index is 11.9. The van der Waals surface area contributed by atoms with Crippen LogP contribution in [0.4, 0.5) is 5.69 Å². The zero-order valence-electron chi connectivity index (χ0n) is 13.7. The van der Waals surface area contributed by atoms with Crippen molar-refractivity contribution in [1.29, 1.82) is 0 Å². The van der Waals surface area contributed by atoms with Crippen LogP contribution < -0.4 is 10.7 Å². The Morgan fingerprint density at radius 3 is 2.44 bits per heavy atom. The van der Waals surface area contributed by atoms with Crippen LogP contribution >= 0.6 is 0 Å². The highest BCUT2D eigenvalue weighted by Gasteiger charge is 2.13. The highest BCUT2D eigenvalue weighted by molar-refractivity contribution is 6.39. The summed E-state index contributed by atoms with van der Waals surface area (Å²) in [6.07, 6.45) is 1.53. The Balaban J connectivity index is 1.66. The Hall–Kier alpha value is -3.47. The van der Waals surface area contributed by atoms with Gasteiger partial charge >= 0.3 is 11.8 Å². The first kappa shape index (κ1) is 16.4. The van der Waals surface area contributed by atoms with E-state index in [4.69, 9.17) is 0 Å². The van der Waals surface area contributed by atoms with E-state index in [-0.39, 0.29) is 0 Å². The molecule has 5 heteroatoms. The lowest BCUT2D eigenvalue weighted by molar-refractivity contribution is -0.136. The zero-order valence-corrected chi connectivity index (χ0v) is 13.7. The standard InChI is InChI=1S/C20H17N3O2/c1-14-7-2-5-12-18(14)22-19(24)20(25)23-21-13-16-10-6-9-15-8-3-4-11-17(15)16/h2-13H,1H3,(H,22,24)(H,23,25)/b21-13+. The molecule has 0 saturated carbocycles. The molecule has 3 aromatic carbocycles. The van der Waals surface area contributed by atoms with Crippen LogP contribution in [0.2, 0.25) is 0 Å². The molecule has 0 bridgehead atoms. The van der Waals surface area contributed by atoms with Gasteiger partial charge in [0.2, 0.25) is 0 Å². The number of rotatable bonds is 3. The largest absolute Gasteiger partial charge is 0.329 e. The number of amides is 2. The fourth-order valence-electron chi connectivity index (χ4n) is 2.47. The normalized spacial score (nSPS) is 10.8. The zero-order chi connectivity index (χ0) is 17.6. The molecule has 0 aliphatic rings. The number of anilines is 1. The molecule has 0 fully saturated rings. The Morgan fingerprint density at radius 2 is 1.60 bits per heavy atom. The van der Waals surface area contributed by atoms with Crippen LogP contribution in [0.5, 0.6) is 0 Å². The molecule has 0 aliphatic carbocycles. The average Bonchev–Trinajstić information content (AvgIpc) is 2.63. The molecule has 0 saturated heterocycles. The monoisotopic (exact) mass is 331 g/mol.